The van der Waals surface area contributed by atoms with Crippen LogP contribution < -0.4 is 5.32 Å². The highest BCUT2D eigenvalue weighted by Crippen LogP contribution is 2.29. The lowest BCUT2D eigenvalue weighted by molar-refractivity contribution is -0.150. The summed E-state index contributed by atoms with van der Waals surface area (Å²) in [4.78, 5) is 37.3. The molecule has 130 valence electrons. The lowest BCUT2D eigenvalue weighted by Crippen LogP contribution is -2.57. The van der Waals surface area contributed by atoms with Crippen LogP contribution in [0.3, 0.4) is 0 Å². The van der Waals surface area contributed by atoms with Crippen LogP contribution in [0, 0.1) is 5.92 Å². The molecule has 0 aromatic rings. The van der Waals surface area contributed by atoms with Gasteiger partial charge in [0.25, 0.3) is 0 Å². The van der Waals surface area contributed by atoms with Gasteiger partial charge in [-0.05, 0) is 32.6 Å². The van der Waals surface area contributed by atoms with Gasteiger partial charge in [0.15, 0.2) is 0 Å². The molecule has 1 heterocycles. The number of hydrogen-bond acceptors (Lipinski definition) is 4. The van der Waals surface area contributed by atoms with Gasteiger partial charge >= 0.3 is 12.1 Å². The Morgan fingerprint density at radius 3 is 2.30 bits per heavy atom. The molecule has 0 unspecified atom stereocenters. The van der Waals surface area contributed by atoms with Gasteiger partial charge in [0.2, 0.25) is 5.91 Å². The Balaban J connectivity index is 1.89. The zero-order valence-electron chi connectivity index (χ0n) is 13.7. The third-order valence-electron chi connectivity index (χ3n) is 4.87. The number of ether oxygens (including phenoxy) is 1. The summed E-state index contributed by atoms with van der Waals surface area (Å²) >= 11 is 0. The van der Waals surface area contributed by atoms with Crippen LogP contribution in [0.5, 0.6) is 0 Å². The summed E-state index contributed by atoms with van der Waals surface area (Å²) in [5, 5.41) is 12.3. The van der Waals surface area contributed by atoms with E-state index in [4.69, 9.17) is 4.74 Å². The fraction of sp³-hybridized carbons (Fsp3) is 0.812. The van der Waals surface area contributed by atoms with E-state index in [0.717, 1.165) is 19.3 Å². The van der Waals surface area contributed by atoms with Crippen LogP contribution in [0.4, 0.5) is 4.79 Å². The quantitative estimate of drug-likeness (QED) is 0.820. The topological polar surface area (TPSA) is 95.9 Å². The first-order chi connectivity index (χ1) is 11.0. The number of carboxylic acids is 1. The Kier molecular flexibility index (Phi) is 5.85. The summed E-state index contributed by atoms with van der Waals surface area (Å²) in [6, 6.07) is 0. The maximum Gasteiger partial charge on any atom is 0.409 e. The second kappa shape index (κ2) is 7.66. The zero-order chi connectivity index (χ0) is 16.9. The molecular formula is C16H26N2O5. The van der Waals surface area contributed by atoms with Gasteiger partial charge in [-0.3, -0.25) is 4.79 Å². The highest BCUT2D eigenvalue weighted by molar-refractivity contribution is 5.88. The number of carbonyl (C=O) groups excluding carboxylic acids is 2. The fourth-order valence-electron chi connectivity index (χ4n) is 3.42. The van der Waals surface area contributed by atoms with Crippen LogP contribution in [0.15, 0.2) is 0 Å². The first kappa shape index (κ1) is 17.6. The minimum Gasteiger partial charge on any atom is -0.480 e. The number of likely N-dealkylation sites (tertiary alicyclic amines) is 1. The van der Waals surface area contributed by atoms with Gasteiger partial charge in [0.1, 0.15) is 5.54 Å². The lowest BCUT2D eigenvalue weighted by Gasteiger charge is -2.37. The first-order valence-electron chi connectivity index (χ1n) is 8.45. The number of nitrogens with zero attached hydrogens (tertiary/aromatic N) is 1. The molecule has 1 aliphatic heterocycles. The molecule has 0 aromatic carbocycles. The molecule has 0 spiro atoms. The molecule has 0 aromatic heterocycles. The highest BCUT2D eigenvalue weighted by Gasteiger charge is 2.42. The van der Waals surface area contributed by atoms with E-state index in [1.54, 1.807) is 11.8 Å². The number of carboxylic acid groups (broad SMARTS) is 1. The minimum absolute atomic E-state index is 0.196. The maximum atomic E-state index is 12.5. The lowest BCUT2D eigenvalue weighted by atomic mass is 9.81. The van der Waals surface area contributed by atoms with Gasteiger partial charge in [-0.1, -0.05) is 19.3 Å². The van der Waals surface area contributed by atoms with Gasteiger partial charge in [-0.15, -0.1) is 0 Å². The molecular weight excluding hydrogens is 300 g/mol. The molecule has 7 nitrogen and oxygen atoms in total. The molecule has 7 heteroatoms. The van der Waals surface area contributed by atoms with Gasteiger partial charge in [-0.25, -0.2) is 9.59 Å². The van der Waals surface area contributed by atoms with Crippen molar-refractivity contribution in [3.63, 3.8) is 0 Å². The average molecular weight is 326 g/mol. The Labute approximate surface area is 136 Å². The number of piperidine rings is 1. The van der Waals surface area contributed by atoms with Gasteiger partial charge in [-0.2, -0.15) is 0 Å². The van der Waals surface area contributed by atoms with Crippen molar-refractivity contribution in [3.8, 4) is 0 Å². The van der Waals surface area contributed by atoms with Crippen LogP contribution in [-0.2, 0) is 14.3 Å². The van der Waals surface area contributed by atoms with E-state index >= 15 is 0 Å². The van der Waals surface area contributed by atoms with Crippen molar-refractivity contribution < 1.29 is 24.2 Å². The van der Waals surface area contributed by atoms with Crippen molar-refractivity contribution in [1.82, 2.24) is 10.2 Å². The summed E-state index contributed by atoms with van der Waals surface area (Å²) in [6.07, 6.45) is 4.40. The molecule has 0 radical (unpaired) electrons. The van der Waals surface area contributed by atoms with Crippen molar-refractivity contribution in [3.05, 3.63) is 0 Å². The SMILES string of the molecule is CCOC(=O)N1CCC(C(=O)NC2(C(=O)O)CCCCC2)CC1. The van der Waals surface area contributed by atoms with E-state index in [-0.39, 0.29) is 17.9 Å². The van der Waals surface area contributed by atoms with Crippen molar-refractivity contribution in [2.45, 2.75) is 57.4 Å². The number of nitrogens with one attached hydrogen (secondary N) is 1. The second-order valence-corrected chi connectivity index (χ2v) is 6.40. The normalized spacial score (nSPS) is 21.5. The van der Waals surface area contributed by atoms with E-state index in [9.17, 15) is 19.5 Å². The predicted molar refractivity (Wildman–Crippen MR) is 82.9 cm³/mol. The third kappa shape index (κ3) is 4.14. The molecule has 0 atom stereocenters. The molecule has 1 saturated carbocycles. The van der Waals surface area contributed by atoms with E-state index in [2.05, 4.69) is 5.32 Å². The molecule has 2 fully saturated rings. The molecule has 0 bridgehead atoms. The molecule has 2 N–H and O–H groups in total. The number of aliphatic carboxylic acids is 1. The van der Waals surface area contributed by atoms with Crippen molar-refractivity contribution >= 4 is 18.0 Å². The highest BCUT2D eigenvalue weighted by atomic mass is 16.6. The van der Waals surface area contributed by atoms with Gasteiger partial charge < -0.3 is 20.1 Å². The molecule has 2 aliphatic rings. The standard InChI is InChI=1S/C16H26N2O5/c1-2-23-15(22)18-10-6-12(7-11-18)13(19)17-16(14(20)21)8-4-3-5-9-16/h12H,2-11H2,1H3,(H,17,19)(H,20,21). The largest absolute Gasteiger partial charge is 0.480 e. The molecule has 2 amide bonds. The second-order valence-electron chi connectivity index (χ2n) is 6.40. The average Bonchev–Trinajstić information content (AvgIpc) is 2.56. The molecule has 1 saturated heterocycles. The van der Waals surface area contributed by atoms with E-state index < -0.39 is 11.5 Å². The number of rotatable bonds is 4. The van der Waals surface area contributed by atoms with Crippen molar-refractivity contribution in [2.24, 2.45) is 5.92 Å². The summed E-state index contributed by atoms with van der Waals surface area (Å²) < 4.78 is 4.95. The number of hydrogen-bond donors (Lipinski definition) is 2. The third-order valence-corrected chi connectivity index (χ3v) is 4.87. The summed E-state index contributed by atoms with van der Waals surface area (Å²) in [5.74, 6) is -1.37. The smallest absolute Gasteiger partial charge is 0.409 e. The minimum atomic E-state index is -1.10. The van der Waals surface area contributed by atoms with Crippen molar-refractivity contribution in [1.29, 1.82) is 0 Å². The van der Waals surface area contributed by atoms with E-state index in [0.29, 0.717) is 45.4 Å². The summed E-state index contributed by atoms with van der Waals surface area (Å²) in [7, 11) is 0. The van der Waals surface area contributed by atoms with Gasteiger partial charge in [0.05, 0.1) is 6.61 Å². The van der Waals surface area contributed by atoms with E-state index in [1.807, 2.05) is 0 Å². The monoisotopic (exact) mass is 326 g/mol. The molecule has 1 aliphatic carbocycles. The fourth-order valence-corrected chi connectivity index (χ4v) is 3.42. The van der Waals surface area contributed by atoms with Crippen LogP contribution in [0.2, 0.25) is 0 Å². The van der Waals surface area contributed by atoms with Crippen LogP contribution in [0.1, 0.15) is 51.9 Å². The van der Waals surface area contributed by atoms with Crippen LogP contribution >= 0.6 is 0 Å². The number of carbonyl (C=O) groups is 3. The Morgan fingerprint density at radius 2 is 1.78 bits per heavy atom. The van der Waals surface area contributed by atoms with Gasteiger partial charge in [0, 0.05) is 19.0 Å². The Morgan fingerprint density at radius 1 is 1.17 bits per heavy atom. The van der Waals surface area contributed by atoms with Crippen molar-refractivity contribution in [2.75, 3.05) is 19.7 Å². The van der Waals surface area contributed by atoms with Crippen LogP contribution in [-0.4, -0.2) is 53.2 Å². The van der Waals surface area contributed by atoms with Crippen LogP contribution in [0.25, 0.3) is 0 Å². The number of amides is 2. The zero-order valence-corrected chi connectivity index (χ0v) is 13.7. The summed E-state index contributed by atoms with van der Waals surface area (Å²) in [6.45, 7) is 3.03. The predicted octanol–water partition coefficient (Wildman–Crippen LogP) is 1.76. The Bertz CT molecular complexity index is 451. The Hall–Kier alpha value is -1.79. The molecule has 2 rings (SSSR count). The first-order valence-corrected chi connectivity index (χ1v) is 8.45. The maximum absolute atomic E-state index is 12.5. The van der Waals surface area contributed by atoms with E-state index in [1.165, 1.54) is 0 Å². The molecule has 23 heavy (non-hydrogen) atoms. The summed E-state index contributed by atoms with van der Waals surface area (Å²) in [5.41, 5.74) is -1.10.